The fraction of sp³-hybridized carbons (Fsp3) is 0.143. The number of nitrogens with one attached hydrogen (secondary N) is 1. The molecule has 1 aromatic carbocycles. The summed E-state index contributed by atoms with van der Waals surface area (Å²) >= 11 is 0. The van der Waals surface area contributed by atoms with Gasteiger partial charge in [0, 0.05) is 17.6 Å². The summed E-state index contributed by atoms with van der Waals surface area (Å²) in [4.78, 5) is 15.6. The Morgan fingerprint density at radius 1 is 1.32 bits per heavy atom. The third-order valence-electron chi connectivity index (χ3n) is 2.97. The van der Waals surface area contributed by atoms with Gasteiger partial charge in [0.2, 0.25) is 0 Å². The molecule has 0 saturated heterocycles. The van der Waals surface area contributed by atoms with E-state index in [2.05, 4.69) is 10.3 Å². The average Bonchev–Trinajstić information content (AvgIpc) is 2.39. The molecule has 0 bridgehead atoms. The molecular weight excluding hydrogens is 245 g/mol. The first-order valence-electron chi connectivity index (χ1n) is 5.77. The Bertz CT molecular complexity index is 641. The summed E-state index contributed by atoms with van der Waals surface area (Å²) in [5.74, 6) is -1.17. The van der Waals surface area contributed by atoms with Crippen molar-refractivity contribution >= 4 is 17.3 Å². The smallest absolute Gasteiger partial charge is 0.258 e. The molecule has 3 N–H and O–H groups in total. The molecule has 2 aromatic rings. The van der Waals surface area contributed by atoms with Crippen LogP contribution in [0.25, 0.3) is 0 Å². The lowest BCUT2D eigenvalue weighted by molar-refractivity contribution is 0.102. The number of halogens is 1. The topological polar surface area (TPSA) is 68.0 Å². The van der Waals surface area contributed by atoms with Crippen molar-refractivity contribution in [1.29, 1.82) is 0 Å². The Hall–Kier alpha value is -2.43. The highest BCUT2D eigenvalue weighted by atomic mass is 19.1. The van der Waals surface area contributed by atoms with Crippen molar-refractivity contribution in [2.75, 3.05) is 11.1 Å². The van der Waals surface area contributed by atoms with Crippen LogP contribution in [0.3, 0.4) is 0 Å². The minimum absolute atomic E-state index is 0.0452. The number of carbonyl (C=O) groups excluding carboxylic acids is 1. The van der Waals surface area contributed by atoms with Gasteiger partial charge in [0.05, 0.1) is 11.8 Å². The molecule has 19 heavy (non-hydrogen) atoms. The fourth-order valence-corrected chi connectivity index (χ4v) is 1.80. The van der Waals surface area contributed by atoms with Crippen molar-refractivity contribution in [1.82, 2.24) is 4.98 Å². The number of carbonyl (C=O) groups is 1. The van der Waals surface area contributed by atoms with E-state index in [1.165, 1.54) is 12.3 Å². The number of aryl methyl sites for hydroxylation is 1. The van der Waals surface area contributed by atoms with E-state index in [0.29, 0.717) is 11.4 Å². The number of hydrogen-bond acceptors (Lipinski definition) is 3. The summed E-state index contributed by atoms with van der Waals surface area (Å²) in [5.41, 5.74) is 8.58. The summed E-state index contributed by atoms with van der Waals surface area (Å²) in [5, 5.41) is 2.69. The number of pyridine rings is 1. The van der Waals surface area contributed by atoms with E-state index in [-0.39, 0.29) is 5.56 Å². The second-order valence-electron chi connectivity index (χ2n) is 4.28. The first kappa shape index (κ1) is 13.0. The molecular formula is C14H14FN3O. The highest BCUT2D eigenvalue weighted by Crippen LogP contribution is 2.25. The van der Waals surface area contributed by atoms with Crippen molar-refractivity contribution in [3.05, 3.63) is 53.1 Å². The lowest BCUT2D eigenvalue weighted by Crippen LogP contribution is -2.16. The van der Waals surface area contributed by atoms with E-state index < -0.39 is 11.7 Å². The molecule has 5 heteroatoms. The molecule has 0 atom stereocenters. The van der Waals surface area contributed by atoms with Gasteiger partial charge in [0.15, 0.2) is 5.82 Å². The molecule has 98 valence electrons. The van der Waals surface area contributed by atoms with Crippen LogP contribution in [0.5, 0.6) is 0 Å². The predicted molar refractivity (Wildman–Crippen MR) is 72.5 cm³/mol. The van der Waals surface area contributed by atoms with Crippen molar-refractivity contribution in [2.45, 2.75) is 13.8 Å². The van der Waals surface area contributed by atoms with E-state index in [9.17, 15) is 9.18 Å². The van der Waals surface area contributed by atoms with Crippen LogP contribution in [0, 0.1) is 19.7 Å². The maximum Gasteiger partial charge on any atom is 0.258 e. The molecule has 2 rings (SSSR count). The molecule has 0 aliphatic heterocycles. The molecule has 0 spiro atoms. The average molecular weight is 259 g/mol. The molecule has 1 amide bonds. The molecule has 0 saturated carbocycles. The Labute approximate surface area is 110 Å². The van der Waals surface area contributed by atoms with Gasteiger partial charge in [-0.2, -0.15) is 0 Å². The van der Waals surface area contributed by atoms with E-state index in [1.54, 1.807) is 19.1 Å². The number of rotatable bonds is 2. The Kier molecular flexibility index (Phi) is 3.46. The van der Waals surface area contributed by atoms with Gasteiger partial charge in [-0.3, -0.25) is 9.78 Å². The van der Waals surface area contributed by atoms with E-state index >= 15 is 0 Å². The zero-order chi connectivity index (χ0) is 14.0. The minimum atomic E-state index is -0.654. The first-order chi connectivity index (χ1) is 9.00. The molecule has 0 aliphatic rings. The van der Waals surface area contributed by atoms with E-state index in [1.807, 2.05) is 6.92 Å². The van der Waals surface area contributed by atoms with E-state index in [4.69, 9.17) is 5.73 Å². The van der Waals surface area contributed by atoms with Crippen LogP contribution < -0.4 is 11.1 Å². The van der Waals surface area contributed by atoms with Crippen LogP contribution in [0.4, 0.5) is 15.8 Å². The largest absolute Gasteiger partial charge is 0.398 e. The summed E-state index contributed by atoms with van der Waals surface area (Å²) in [6, 6.07) is 4.91. The van der Waals surface area contributed by atoms with Gasteiger partial charge >= 0.3 is 0 Å². The second kappa shape index (κ2) is 5.06. The summed E-state index contributed by atoms with van der Waals surface area (Å²) in [6.07, 6.45) is 2.38. The van der Waals surface area contributed by atoms with Crippen LogP contribution in [0.1, 0.15) is 21.5 Å². The normalized spacial score (nSPS) is 10.3. The third kappa shape index (κ3) is 2.54. The maximum absolute atomic E-state index is 13.5. The Morgan fingerprint density at radius 3 is 2.74 bits per heavy atom. The van der Waals surface area contributed by atoms with Gasteiger partial charge in [-0.25, -0.2) is 4.39 Å². The Morgan fingerprint density at radius 2 is 2.05 bits per heavy atom. The highest BCUT2D eigenvalue weighted by molar-refractivity contribution is 6.05. The van der Waals surface area contributed by atoms with Gasteiger partial charge in [0.1, 0.15) is 0 Å². The van der Waals surface area contributed by atoms with Crippen molar-refractivity contribution in [2.24, 2.45) is 0 Å². The fourth-order valence-electron chi connectivity index (χ4n) is 1.80. The predicted octanol–water partition coefficient (Wildman–Crippen LogP) is 2.67. The SMILES string of the molecule is Cc1ccc(N)c(C)c1NC(=O)c1ccncc1F. The quantitative estimate of drug-likeness (QED) is 0.815. The molecule has 0 unspecified atom stereocenters. The maximum atomic E-state index is 13.5. The molecule has 1 heterocycles. The zero-order valence-corrected chi connectivity index (χ0v) is 10.7. The number of aromatic nitrogens is 1. The van der Waals surface area contributed by atoms with Gasteiger partial charge in [-0.1, -0.05) is 6.07 Å². The van der Waals surface area contributed by atoms with Crippen LogP contribution in [0.2, 0.25) is 0 Å². The van der Waals surface area contributed by atoms with Gasteiger partial charge in [-0.15, -0.1) is 0 Å². The molecule has 0 aliphatic carbocycles. The Balaban J connectivity index is 2.35. The van der Waals surface area contributed by atoms with Crippen LogP contribution in [-0.2, 0) is 0 Å². The van der Waals surface area contributed by atoms with Gasteiger partial charge in [-0.05, 0) is 37.1 Å². The highest BCUT2D eigenvalue weighted by Gasteiger charge is 2.14. The third-order valence-corrected chi connectivity index (χ3v) is 2.97. The number of amides is 1. The van der Waals surface area contributed by atoms with E-state index in [0.717, 1.165) is 17.3 Å². The molecule has 4 nitrogen and oxygen atoms in total. The monoisotopic (exact) mass is 259 g/mol. The number of nitrogen functional groups attached to an aromatic ring is 1. The standard InChI is InChI=1S/C14H14FN3O/c1-8-3-4-12(16)9(2)13(8)18-14(19)10-5-6-17-7-11(10)15/h3-7H,16H2,1-2H3,(H,18,19). The van der Waals surface area contributed by atoms with Crippen molar-refractivity contribution < 1.29 is 9.18 Å². The van der Waals surface area contributed by atoms with Gasteiger partial charge < -0.3 is 11.1 Å². The number of nitrogens with zero attached hydrogens (tertiary/aromatic N) is 1. The molecule has 1 aromatic heterocycles. The number of benzene rings is 1. The lowest BCUT2D eigenvalue weighted by atomic mass is 10.1. The van der Waals surface area contributed by atoms with Crippen LogP contribution >= 0.6 is 0 Å². The summed E-state index contributed by atoms with van der Waals surface area (Å²) in [7, 11) is 0. The second-order valence-corrected chi connectivity index (χ2v) is 4.28. The van der Waals surface area contributed by atoms with Crippen LogP contribution in [0.15, 0.2) is 30.6 Å². The lowest BCUT2D eigenvalue weighted by Gasteiger charge is -2.13. The first-order valence-corrected chi connectivity index (χ1v) is 5.77. The summed E-state index contributed by atoms with van der Waals surface area (Å²) < 4.78 is 13.5. The minimum Gasteiger partial charge on any atom is -0.398 e. The van der Waals surface area contributed by atoms with Crippen molar-refractivity contribution in [3.63, 3.8) is 0 Å². The van der Waals surface area contributed by atoms with Gasteiger partial charge in [0.25, 0.3) is 5.91 Å². The molecule has 0 radical (unpaired) electrons. The number of anilines is 2. The van der Waals surface area contributed by atoms with Crippen LogP contribution in [-0.4, -0.2) is 10.9 Å². The number of hydrogen-bond donors (Lipinski definition) is 2. The van der Waals surface area contributed by atoms with Crippen molar-refractivity contribution in [3.8, 4) is 0 Å². The molecule has 0 fully saturated rings. The zero-order valence-electron chi connectivity index (χ0n) is 10.7. The number of nitrogens with two attached hydrogens (primary N) is 1. The summed E-state index contributed by atoms with van der Waals surface area (Å²) in [6.45, 7) is 3.66.